The molecule has 0 nitrogen and oxygen atoms in total. The molecule has 0 heterocycles. The Labute approximate surface area is 215 Å². The van der Waals surface area contributed by atoms with Gasteiger partial charge < -0.3 is 0 Å². The first kappa shape index (κ1) is 32.4. The van der Waals surface area contributed by atoms with Gasteiger partial charge in [-0.25, -0.2) is 0 Å². The molecule has 0 radical (unpaired) electrons. The minimum absolute atomic E-state index is 0.309. The molecule has 0 atom stereocenters. The van der Waals surface area contributed by atoms with Gasteiger partial charge in [0.05, 0.1) is 0 Å². The van der Waals surface area contributed by atoms with Crippen LogP contribution < -0.4 is 0 Å². The van der Waals surface area contributed by atoms with Crippen molar-refractivity contribution in [2.75, 3.05) is 0 Å². The number of hydrogen-bond acceptors (Lipinski definition) is 0. The summed E-state index contributed by atoms with van der Waals surface area (Å²) in [6, 6.07) is 0. The van der Waals surface area contributed by atoms with E-state index in [1.165, 1.54) is 98.5 Å². The predicted octanol–water partition coefficient (Wildman–Crippen LogP) is 12.0. The molecule has 0 aromatic carbocycles. The number of allylic oxidation sites excluding steroid dienone is 12. The van der Waals surface area contributed by atoms with Crippen LogP contribution in [0.5, 0.6) is 0 Å². The Morgan fingerprint density at radius 1 is 0.471 bits per heavy atom. The lowest BCUT2D eigenvalue weighted by Crippen LogP contribution is -2.08. The molecule has 0 aromatic rings. The Morgan fingerprint density at radius 2 is 0.794 bits per heavy atom. The van der Waals surface area contributed by atoms with Crippen molar-refractivity contribution in [3.63, 3.8) is 0 Å². The molecule has 194 valence electrons. The zero-order valence-corrected chi connectivity index (χ0v) is 24.7. The summed E-state index contributed by atoms with van der Waals surface area (Å²) in [6.45, 7) is 22.8. The molecule has 0 unspecified atom stereocenters. The van der Waals surface area contributed by atoms with Gasteiger partial charge in [0.1, 0.15) is 0 Å². The zero-order chi connectivity index (χ0) is 26.0. The molecule has 0 bridgehead atoms. The fourth-order valence-electron chi connectivity index (χ4n) is 4.20. The molecule has 0 rings (SSSR count). The highest BCUT2D eigenvalue weighted by molar-refractivity contribution is 5.12. The minimum Gasteiger partial charge on any atom is -0.0856 e. The normalized spacial score (nSPS) is 14.6. The van der Waals surface area contributed by atoms with Gasteiger partial charge in [0, 0.05) is 0 Å². The van der Waals surface area contributed by atoms with Crippen molar-refractivity contribution >= 4 is 0 Å². The van der Waals surface area contributed by atoms with Crippen LogP contribution in [0, 0.1) is 5.41 Å². The second kappa shape index (κ2) is 18.7. The summed E-state index contributed by atoms with van der Waals surface area (Å²) in [7, 11) is 0. The molecule has 0 aliphatic heterocycles. The van der Waals surface area contributed by atoms with Gasteiger partial charge in [-0.15, -0.1) is 0 Å². The van der Waals surface area contributed by atoms with Crippen LogP contribution in [0.4, 0.5) is 0 Å². The summed E-state index contributed by atoms with van der Waals surface area (Å²) in [4.78, 5) is 0. The Hall–Kier alpha value is -1.56. The highest BCUT2D eigenvalue weighted by atomic mass is 14.2. The second-order valence-corrected chi connectivity index (χ2v) is 11.5. The molecule has 0 aromatic heterocycles. The van der Waals surface area contributed by atoms with Crippen molar-refractivity contribution < 1.29 is 0 Å². The third-order valence-corrected chi connectivity index (χ3v) is 6.58. The van der Waals surface area contributed by atoms with E-state index in [1.807, 2.05) is 0 Å². The summed E-state index contributed by atoms with van der Waals surface area (Å²) in [6.07, 6.45) is 27.5. The minimum atomic E-state index is 0.309. The lowest BCUT2D eigenvalue weighted by molar-refractivity contribution is 0.485. The Balaban J connectivity index is 4.20. The highest BCUT2D eigenvalue weighted by Crippen LogP contribution is 2.28. The molecule has 0 N–H and O–H groups in total. The van der Waals surface area contributed by atoms with E-state index in [0.29, 0.717) is 5.41 Å². The molecule has 0 amide bonds. The summed E-state index contributed by atoms with van der Waals surface area (Å²) in [5.41, 5.74) is 9.45. The van der Waals surface area contributed by atoms with E-state index < -0.39 is 0 Å². The van der Waals surface area contributed by atoms with Crippen LogP contribution in [0.1, 0.15) is 140 Å². The van der Waals surface area contributed by atoms with Crippen LogP contribution >= 0.6 is 0 Å². The summed E-state index contributed by atoms with van der Waals surface area (Å²) in [5.74, 6) is 0. The third-order valence-electron chi connectivity index (χ3n) is 6.58. The van der Waals surface area contributed by atoms with Gasteiger partial charge in [-0.2, -0.15) is 0 Å². The topological polar surface area (TPSA) is 0 Å². The fourth-order valence-corrected chi connectivity index (χ4v) is 4.20. The average Bonchev–Trinajstić information content (AvgIpc) is 2.73. The fraction of sp³-hybridized carbons (Fsp3) is 0.647. The summed E-state index contributed by atoms with van der Waals surface area (Å²) in [5, 5.41) is 0. The molecular formula is C34H58. The lowest BCUT2D eigenvalue weighted by atomic mass is 9.84. The highest BCUT2D eigenvalue weighted by Gasteiger charge is 2.14. The molecular weight excluding hydrogens is 408 g/mol. The van der Waals surface area contributed by atoms with Gasteiger partial charge in [0.2, 0.25) is 0 Å². The maximum atomic E-state index is 2.47. The van der Waals surface area contributed by atoms with Gasteiger partial charge >= 0.3 is 0 Å². The molecule has 0 saturated heterocycles. The van der Waals surface area contributed by atoms with Crippen molar-refractivity contribution in [2.24, 2.45) is 5.41 Å². The largest absolute Gasteiger partial charge is 0.0856 e. The maximum absolute atomic E-state index is 2.47. The van der Waals surface area contributed by atoms with E-state index >= 15 is 0 Å². The third kappa shape index (κ3) is 18.8. The average molecular weight is 467 g/mol. The molecule has 0 aliphatic rings. The lowest BCUT2D eigenvalue weighted by Gasteiger charge is -2.22. The van der Waals surface area contributed by atoms with Gasteiger partial charge in [0.15, 0.2) is 0 Å². The molecule has 0 saturated carbocycles. The van der Waals surface area contributed by atoms with Gasteiger partial charge in [-0.3, -0.25) is 0 Å². The van der Waals surface area contributed by atoms with E-state index in [-0.39, 0.29) is 0 Å². The molecule has 0 spiro atoms. The first-order chi connectivity index (χ1) is 16.0. The van der Waals surface area contributed by atoms with Gasteiger partial charge in [-0.1, -0.05) is 97.6 Å². The summed E-state index contributed by atoms with van der Waals surface area (Å²) >= 11 is 0. The van der Waals surface area contributed by atoms with Gasteiger partial charge in [0.25, 0.3) is 0 Å². The van der Waals surface area contributed by atoms with Crippen molar-refractivity contribution in [3.05, 3.63) is 69.9 Å². The van der Waals surface area contributed by atoms with Crippen molar-refractivity contribution in [2.45, 2.75) is 140 Å². The van der Waals surface area contributed by atoms with Crippen LogP contribution in [0.15, 0.2) is 69.9 Å². The van der Waals surface area contributed by atoms with Crippen LogP contribution in [0.2, 0.25) is 0 Å². The standard InChI is InChI=1S/C34H58/c1-11-33(34(8,9)10)27-17-26-32(7)25-16-23-30(5)20-13-12-19-29(4)22-15-24-31(6)21-14-18-28(2)3/h18-20,24-25,27H,11-17,21-23,26H2,1-10H3. The molecule has 0 fully saturated rings. The van der Waals surface area contributed by atoms with E-state index in [9.17, 15) is 0 Å². The maximum Gasteiger partial charge on any atom is -0.0173 e. The number of rotatable bonds is 16. The molecule has 0 aliphatic carbocycles. The Morgan fingerprint density at radius 3 is 1.12 bits per heavy atom. The number of unbranched alkanes of at least 4 members (excludes halogenated alkanes) is 1. The SMILES string of the molecule is CCC(=CCCC(C)=CCCC(C)=CCCC=C(C)CCC=C(C)CCC=C(C)C)C(C)(C)C. The quantitative estimate of drug-likeness (QED) is 0.157. The van der Waals surface area contributed by atoms with E-state index in [0.717, 1.165) is 0 Å². The van der Waals surface area contributed by atoms with Crippen LogP contribution in [0.25, 0.3) is 0 Å². The monoisotopic (exact) mass is 466 g/mol. The van der Waals surface area contributed by atoms with Crippen LogP contribution in [-0.2, 0) is 0 Å². The van der Waals surface area contributed by atoms with E-state index in [2.05, 4.69) is 106 Å². The molecule has 34 heavy (non-hydrogen) atoms. The van der Waals surface area contributed by atoms with Crippen molar-refractivity contribution in [1.29, 1.82) is 0 Å². The Bertz CT molecular complexity index is 733. The zero-order valence-electron chi connectivity index (χ0n) is 24.7. The predicted molar refractivity (Wildman–Crippen MR) is 158 cm³/mol. The first-order valence-corrected chi connectivity index (χ1v) is 13.9. The smallest absolute Gasteiger partial charge is 0.0173 e. The van der Waals surface area contributed by atoms with Crippen molar-refractivity contribution in [3.8, 4) is 0 Å². The van der Waals surface area contributed by atoms with Crippen molar-refractivity contribution in [1.82, 2.24) is 0 Å². The molecule has 0 heteroatoms. The van der Waals surface area contributed by atoms with Crippen LogP contribution in [0.3, 0.4) is 0 Å². The van der Waals surface area contributed by atoms with Gasteiger partial charge in [-0.05, 0) is 118 Å². The number of hydrogen-bond donors (Lipinski definition) is 0. The van der Waals surface area contributed by atoms with E-state index in [1.54, 1.807) is 5.57 Å². The second-order valence-electron chi connectivity index (χ2n) is 11.5. The summed E-state index contributed by atoms with van der Waals surface area (Å²) < 4.78 is 0. The van der Waals surface area contributed by atoms with E-state index in [4.69, 9.17) is 0 Å². The van der Waals surface area contributed by atoms with Crippen LogP contribution in [-0.4, -0.2) is 0 Å². The Kier molecular flexibility index (Phi) is 17.9. The first-order valence-electron chi connectivity index (χ1n) is 13.9.